The number of allylic oxidation sites excluding steroid dienone is 1. The topological polar surface area (TPSA) is 30.0 Å². The molecule has 2 heteroatoms. The highest BCUT2D eigenvalue weighted by molar-refractivity contribution is 5.79. The second kappa shape index (κ2) is 8.21. The summed E-state index contributed by atoms with van der Waals surface area (Å²) in [6, 6.07) is 10.6. The van der Waals surface area contributed by atoms with Gasteiger partial charge >= 0.3 is 0 Å². The fourth-order valence-electron chi connectivity index (χ4n) is 4.84. The van der Waals surface area contributed by atoms with Crippen LogP contribution in [-0.2, 0) is 17.6 Å². The Morgan fingerprint density at radius 3 is 2.96 bits per heavy atom. The molecule has 0 amide bonds. The average Bonchev–Trinajstić information content (AvgIpc) is 3.16. The predicted octanol–water partition coefficient (Wildman–Crippen LogP) is 5.83. The lowest BCUT2D eigenvalue weighted by molar-refractivity contribution is -0.120. The van der Waals surface area contributed by atoms with Gasteiger partial charge < -0.3 is 0 Å². The first-order valence-corrected chi connectivity index (χ1v) is 10.4. The minimum Gasteiger partial charge on any atom is -0.300 e. The van der Waals surface area contributed by atoms with Gasteiger partial charge in [0.1, 0.15) is 5.78 Å². The van der Waals surface area contributed by atoms with E-state index >= 15 is 0 Å². The van der Waals surface area contributed by atoms with Gasteiger partial charge in [0.2, 0.25) is 0 Å². The first-order valence-electron chi connectivity index (χ1n) is 10.4. The van der Waals surface area contributed by atoms with Gasteiger partial charge in [-0.25, -0.2) is 0 Å². The molecule has 1 saturated carbocycles. The van der Waals surface area contributed by atoms with E-state index < -0.39 is 0 Å². The summed E-state index contributed by atoms with van der Waals surface area (Å²) >= 11 is 0. The van der Waals surface area contributed by atoms with Crippen molar-refractivity contribution < 1.29 is 4.79 Å². The number of aryl methyl sites for hydroxylation is 2. The molecule has 0 spiro atoms. The van der Waals surface area contributed by atoms with Crippen molar-refractivity contribution in [2.75, 3.05) is 0 Å². The number of benzene rings is 1. The van der Waals surface area contributed by atoms with Crippen molar-refractivity contribution in [3.05, 3.63) is 70.6 Å². The van der Waals surface area contributed by atoms with Crippen LogP contribution in [-0.4, -0.2) is 10.8 Å². The predicted molar refractivity (Wildman–Crippen MR) is 111 cm³/mol. The maximum absolute atomic E-state index is 12.6. The van der Waals surface area contributed by atoms with Crippen LogP contribution in [0, 0.1) is 12.8 Å². The minimum absolute atomic E-state index is 0.426. The molecule has 0 N–H and O–H groups in total. The highest BCUT2D eigenvalue weighted by Gasteiger charge is 2.28. The van der Waals surface area contributed by atoms with Crippen LogP contribution < -0.4 is 0 Å². The van der Waals surface area contributed by atoms with Crippen LogP contribution in [0.3, 0.4) is 0 Å². The molecule has 1 fully saturated rings. The second-order valence-corrected chi connectivity index (χ2v) is 8.27. The van der Waals surface area contributed by atoms with Crippen molar-refractivity contribution in [2.24, 2.45) is 5.92 Å². The monoisotopic (exact) mass is 359 g/mol. The van der Waals surface area contributed by atoms with Gasteiger partial charge in [0.25, 0.3) is 0 Å². The molecule has 27 heavy (non-hydrogen) atoms. The van der Waals surface area contributed by atoms with E-state index in [9.17, 15) is 4.79 Å². The van der Waals surface area contributed by atoms with E-state index in [-0.39, 0.29) is 0 Å². The number of carbonyl (C=O) groups excluding carboxylic acids is 1. The maximum Gasteiger partial charge on any atom is 0.133 e. The third-order valence-corrected chi connectivity index (χ3v) is 6.35. The van der Waals surface area contributed by atoms with E-state index in [0.717, 1.165) is 25.7 Å². The zero-order valence-electron chi connectivity index (χ0n) is 16.3. The normalized spacial score (nSPS) is 21.2. The number of ketones is 1. The molecule has 0 bridgehead atoms. The van der Waals surface area contributed by atoms with E-state index in [2.05, 4.69) is 49.4 Å². The minimum atomic E-state index is 0.426. The van der Waals surface area contributed by atoms with E-state index in [1.165, 1.54) is 47.2 Å². The first kappa shape index (κ1) is 18.2. The zero-order chi connectivity index (χ0) is 18.6. The molecular weight excluding hydrogens is 330 g/mol. The number of aromatic nitrogens is 1. The fourth-order valence-corrected chi connectivity index (χ4v) is 4.84. The molecule has 2 nitrogen and oxygen atoms in total. The maximum atomic E-state index is 12.6. The molecule has 0 aliphatic heterocycles. The Bertz CT molecular complexity index is 851. The van der Waals surface area contributed by atoms with Crippen LogP contribution in [0.5, 0.6) is 0 Å². The van der Waals surface area contributed by atoms with Gasteiger partial charge in [-0.05, 0) is 73.3 Å². The fraction of sp³-hybridized carbons (Fsp3) is 0.440. The largest absolute Gasteiger partial charge is 0.300 e. The van der Waals surface area contributed by atoms with E-state index in [1.807, 2.05) is 6.20 Å². The SMILES string of the molecule is Cc1ccccc1CCC(=O)C[C@@H]1CCCC(c2nccc3c2C=CC3)C1. The summed E-state index contributed by atoms with van der Waals surface area (Å²) in [5.41, 5.74) is 6.65. The summed E-state index contributed by atoms with van der Waals surface area (Å²) < 4.78 is 0. The molecular formula is C25H29NO. The van der Waals surface area contributed by atoms with Gasteiger partial charge in [-0.2, -0.15) is 0 Å². The zero-order valence-corrected chi connectivity index (χ0v) is 16.3. The van der Waals surface area contributed by atoms with Gasteiger partial charge in [-0.3, -0.25) is 9.78 Å². The number of hydrogen-bond acceptors (Lipinski definition) is 2. The Balaban J connectivity index is 1.35. The third-order valence-electron chi connectivity index (χ3n) is 6.35. The van der Waals surface area contributed by atoms with Crippen molar-refractivity contribution in [2.45, 2.75) is 64.2 Å². The quantitative estimate of drug-likeness (QED) is 0.650. The van der Waals surface area contributed by atoms with Gasteiger partial charge in [-0.1, -0.05) is 42.8 Å². The molecule has 2 aromatic rings. The number of pyridine rings is 1. The second-order valence-electron chi connectivity index (χ2n) is 8.27. The van der Waals surface area contributed by atoms with E-state index in [1.54, 1.807) is 0 Å². The van der Waals surface area contributed by atoms with Crippen molar-refractivity contribution in [3.8, 4) is 0 Å². The number of nitrogens with zero attached hydrogens (tertiary/aromatic N) is 1. The Kier molecular flexibility index (Phi) is 5.52. The Morgan fingerprint density at radius 2 is 2.07 bits per heavy atom. The van der Waals surface area contributed by atoms with Crippen LogP contribution >= 0.6 is 0 Å². The molecule has 2 aliphatic carbocycles. The number of carbonyl (C=O) groups is 1. The lowest BCUT2D eigenvalue weighted by Gasteiger charge is -2.29. The van der Waals surface area contributed by atoms with Crippen molar-refractivity contribution >= 4 is 11.9 Å². The van der Waals surface area contributed by atoms with Crippen LogP contribution in [0.4, 0.5) is 0 Å². The van der Waals surface area contributed by atoms with Crippen molar-refractivity contribution in [3.63, 3.8) is 0 Å². The van der Waals surface area contributed by atoms with E-state index in [4.69, 9.17) is 4.98 Å². The molecule has 1 heterocycles. The molecule has 1 aromatic heterocycles. The Hall–Kier alpha value is -2.22. The number of hydrogen-bond donors (Lipinski definition) is 0. The van der Waals surface area contributed by atoms with Crippen molar-refractivity contribution in [1.29, 1.82) is 0 Å². The number of fused-ring (bicyclic) bond motifs is 1. The molecule has 0 saturated heterocycles. The summed E-state index contributed by atoms with van der Waals surface area (Å²) in [7, 11) is 0. The highest BCUT2D eigenvalue weighted by Crippen LogP contribution is 2.40. The standard InChI is InChI=1S/C25H29NO/c1-18-6-2-3-8-20(18)12-13-23(27)17-19-7-4-10-22(16-19)25-24-11-5-9-21(24)14-15-26-25/h2-3,5-6,8,11,14-15,19,22H,4,7,9-10,12-13,16-17H2,1H3/t19-,22?/m1/s1. The third kappa shape index (κ3) is 4.21. The summed E-state index contributed by atoms with van der Waals surface area (Å²) in [5.74, 6) is 1.47. The molecule has 140 valence electrons. The summed E-state index contributed by atoms with van der Waals surface area (Å²) in [6.45, 7) is 2.13. The average molecular weight is 360 g/mol. The van der Waals surface area contributed by atoms with Crippen molar-refractivity contribution in [1.82, 2.24) is 4.98 Å². The van der Waals surface area contributed by atoms with Crippen LogP contribution in [0.25, 0.3) is 6.08 Å². The molecule has 1 aromatic carbocycles. The molecule has 0 radical (unpaired) electrons. The Morgan fingerprint density at radius 1 is 1.19 bits per heavy atom. The first-order chi connectivity index (χ1) is 13.2. The van der Waals surface area contributed by atoms with Crippen LogP contribution in [0.15, 0.2) is 42.6 Å². The van der Waals surface area contributed by atoms with Gasteiger partial charge in [0.15, 0.2) is 0 Å². The summed E-state index contributed by atoms with van der Waals surface area (Å²) in [6.07, 6.45) is 14.5. The smallest absolute Gasteiger partial charge is 0.133 e. The van der Waals surface area contributed by atoms with Gasteiger partial charge in [0, 0.05) is 25.0 Å². The molecule has 2 atom stereocenters. The molecule has 2 aliphatic rings. The summed E-state index contributed by atoms with van der Waals surface area (Å²) in [5, 5.41) is 0. The molecule has 4 rings (SSSR count). The lowest BCUT2D eigenvalue weighted by atomic mass is 9.76. The number of Topliss-reactive ketones (excluding diaryl/α,β-unsaturated/α-hetero) is 1. The van der Waals surface area contributed by atoms with E-state index in [0.29, 0.717) is 24.0 Å². The highest BCUT2D eigenvalue weighted by atomic mass is 16.1. The lowest BCUT2D eigenvalue weighted by Crippen LogP contribution is -2.19. The molecule has 1 unspecified atom stereocenters. The van der Waals surface area contributed by atoms with Gasteiger partial charge in [0.05, 0.1) is 5.69 Å². The van der Waals surface area contributed by atoms with Crippen LogP contribution in [0.1, 0.15) is 72.4 Å². The van der Waals surface area contributed by atoms with Crippen LogP contribution in [0.2, 0.25) is 0 Å². The number of rotatable bonds is 6. The van der Waals surface area contributed by atoms with Gasteiger partial charge in [-0.15, -0.1) is 0 Å². The summed E-state index contributed by atoms with van der Waals surface area (Å²) in [4.78, 5) is 17.3. The Labute approximate surface area is 162 Å².